The van der Waals surface area contributed by atoms with Crippen molar-refractivity contribution in [1.82, 2.24) is 0 Å². The maximum absolute atomic E-state index is 12.8. The fourth-order valence-corrected chi connectivity index (χ4v) is 8.12. The second-order valence-electron chi connectivity index (χ2n) is 19.0. The minimum Gasteiger partial charge on any atom is -0.462 e. The summed E-state index contributed by atoms with van der Waals surface area (Å²) in [6.07, 6.45) is 67.7. The van der Waals surface area contributed by atoms with Crippen LogP contribution in [0.4, 0.5) is 0 Å². The van der Waals surface area contributed by atoms with Gasteiger partial charge in [-0.3, -0.25) is 14.4 Å². The normalized spacial score (nSPS) is 12.5. The van der Waals surface area contributed by atoms with Crippen LogP contribution < -0.4 is 0 Å². The first-order chi connectivity index (χ1) is 32.5. The first-order valence-corrected chi connectivity index (χ1v) is 28.4. The quantitative estimate of drug-likeness (QED) is 0.0262. The molecule has 0 heterocycles. The lowest BCUT2D eigenvalue weighted by Crippen LogP contribution is -2.30. The molecule has 0 amide bonds. The number of allylic oxidation sites excluding steroid dienone is 10. The molecule has 0 aromatic heterocycles. The van der Waals surface area contributed by atoms with Crippen LogP contribution in [0, 0.1) is 0 Å². The van der Waals surface area contributed by atoms with E-state index in [1.807, 2.05) is 24.3 Å². The fourth-order valence-electron chi connectivity index (χ4n) is 8.12. The van der Waals surface area contributed by atoms with Gasteiger partial charge in [-0.2, -0.15) is 0 Å². The Bertz CT molecular complexity index is 1200. The second kappa shape index (κ2) is 54.7. The summed E-state index contributed by atoms with van der Waals surface area (Å²) in [5.74, 6) is -0.890. The number of carbonyl (C=O) groups excluding carboxylic acids is 3. The third-order valence-electron chi connectivity index (χ3n) is 12.4. The Morgan fingerprint density at radius 3 is 0.909 bits per heavy atom. The van der Waals surface area contributed by atoms with E-state index in [0.29, 0.717) is 19.3 Å². The first-order valence-electron chi connectivity index (χ1n) is 28.4. The average Bonchev–Trinajstić information content (AvgIpc) is 3.31. The highest BCUT2D eigenvalue weighted by Gasteiger charge is 2.19. The second-order valence-corrected chi connectivity index (χ2v) is 19.0. The maximum atomic E-state index is 12.8. The van der Waals surface area contributed by atoms with E-state index in [0.717, 1.165) is 83.5 Å². The van der Waals surface area contributed by atoms with Crippen LogP contribution in [0.1, 0.15) is 284 Å². The van der Waals surface area contributed by atoms with Gasteiger partial charge >= 0.3 is 17.9 Å². The molecule has 1 atom stereocenters. The summed E-state index contributed by atoms with van der Waals surface area (Å²) in [5, 5.41) is 0. The smallest absolute Gasteiger partial charge is 0.306 e. The highest BCUT2D eigenvalue weighted by molar-refractivity contribution is 5.71. The Labute approximate surface area is 409 Å². The summed E-state index contributed by atoms with van der Waals surface area (Å²) >= 11 is 0. The van der Waals surface area contributed by atoms with Gasteiger partial charge in [0.25, 0.3) is 0 Å². The Hall–Kier alpha value is -2.89. The molecule has 0 radical (unpaired) electrons. The Morgan fingerprint density at radius 1 is 0.303 bits per heavy atom. The molecule has 0 fully saturated rings. The molecule has 0 saturated heterocycles. The number of esters is 3. The van der Waals surface area contributed by atoms with Gasteiger partial charge in [0, 0.05) is 19.3 Å². The molecule has 0 saturated carbocycles. The summed E-state index contributed by atoms with van der Waals surface area (Å²) in [4.78, 5) is 38.1. The van der Waals surface area contributed by atoms with Crippen molar-refractivity contribution < 1.29 is 28.6 Å². The number of carbonyl (C=O) groups is 3. The lowest BCUT2D eigenvalue weighted by molar-refractivity contribution is -0.167. The molecule has 1 unspecified atom stereocenters. The molecule has 0 aliphatic heterocycles. The van der Waals surface area contributed by atoms with Gasteiger partial charge in [-0.1, -0.05) is 287 Å². The molecule has 66 heavy (non-hydrogen) atoms. The fraction of sp³-hybridized carbons (Fsp3) is 0.783. The van der Waals surface area contributed by atoms with Gasteiger partial charge in [-0.15, -0.1) is 0 Å². The molecule has 0 rings (SSSR count). The van der Waals surface area contributed by atoms with Gasteiger partial charge in [-0.25, -0.2) is 0 Å². The third-order valence-corrected chi connectivity index (χ3v) is 12.4. The van der Waals surface area contributed by atoms with E-state index in [1.54, 1.807) is 0 Å². The van der Waals surface area contributed by atoms with Gasteiger partial charge in [-0.05, 0) is 38.5 Å². The molecular formula is C60H106O6. The molecule has 0 aliphatic carbocycles. The molecule has 0 bridgehead atoms. The lowest BCUT2D eigenvalue weighted by Gasteiger charge is -2.18. The van der Waals surface area contributed by atoms with Crippen molar-refractivity contribution in [3.63, 3.8) is 0 Å². The predicted octanol–water partition coefficient (Wildman–Crippen LogP) is 18.8. The van der Waals surface area contributed by atoms with E-state index < -0.39 is 6.10 Å². The van der Waals surface area contributed by atoms with Gasteiger partial charge in [0.15, 0.2) is 6.10 Å². The van der Waals surface area contributed by atoms with Crippen LogP contribution in [0.25, 0.3) is 0 Å². The summed E-state index contributed by atoms with van der Waals surface area (Å²) in [6, 6.07) is 0. The minimum atomic E-state index is -0.781. The highest BCUT2D eigenvalue weighted by Crippen LogP contribution is 2.17. The molecule has 6 heteroatoms. The van der Waals surface area contributed by atoms with Crippen molar-refractivity contribution in [2.45, 2.75) is 290 Å². The van der Waals surface area contributed by atoms with Crippen LogP contribution in [0.3, 0.4) is 0 Å². The van der Waals surface area contributed by atoms with Crippen molar-refractivity contribution in [3.8, 4) is 0 Å². The number of unbranched alkanes of at least 4 members (excludes halogenated alkanes) is 34. The molecule has 0 N–H and O–H groups in total. The highest BCUT2D eigenvalue weighted by atomic mass is 16.6. The molecule has 6 nitrogen and oxygen atoms in total. The lowest BCUT2D eigenvalue weighted by atomic mass is 10.0. The van der Waals surface area contributed by atoms with Crippen LogP contribution in [0.2, 0.25) is 0 Å². The first kappa shape index (κ1) is 63.1. The van der Waals surface area contributed by atoms with E-state index in [2.05, 4.69) is 57.2 Å². The minimum absolute atomic E-state index is 0.0787. The summed E-state index contributed by atoms with van der Waals surface area (Å²) in [7, 11) is 0. The number of hydrogen-bond acceptors (Lipinski definition) is 6. The average molecular weight is 924 g/mol. The van der Waals surface area contributed by atoms with Crippen LogP contribution in [-0.4, -0.2) is 37.2 Å². The van der Waals surface area contributed by atoms with Crippen LogP contribution in [0.5, 0.6) is 0 Å². The van der Waals surface area contributed by atoms with Gasteiger partial charge in [0.2, 0.25) is 0 Å². The molecule has 382 valence electrons. The maximum Gasteiger partial charge on any atom is 0.306 e. The zero-order valence-electron chi connectivity index (χ0n) is 43.7. The largest absolute Gasteiger partial charge is 0.462 e. The molecule has 0 aromatic carbocycles. The van der Waals surface area contributed by atoms with Gasteiger partial charge in [0.1, 0.15) is 13.2 Å². The van der Waals surface area contributed by atoms with Gasteiger partial charge < -0.3 is 14.2 Å². The number of ether oxygens (including phenoxy) is 3. The van der Waals surface area contributed by atoms with Crippen molar-refractivity contribution in [2.24, 2.45) is 0 Å². The van der Waals surface area contributed by atoms with Crippen molar-refractivity contribution in [1.29, 1.82) is 0 Å². The SMILES string of the molecule is CCC\C=C/C=C\C=C/C=C\C=C/CCCCCCCC(=O)OCC(COC(=O)CCCCCCCCCCCCCCCC)OC(=O)CCCCCCCCCCCCCCCCCC. The predicted molar refractivity (Wildman–Crippen MR) is 284 cm³/mol. The number of hydrogen-bond donors (Lipinski definition) is 0. The van der Waals surface area contributed by atoms with Gasteiger partial charge in [0.05, 0.1) is 0 Å². The van der Waals surface area contributed by atoms with Crippen molar-refractivity contribution in [3.05, 3.63) is 60.8 Å². The van der Waals surface area contributed by atoms with E-state index in [9.17, 15) is 14.4 Å². The van der Waals surface area contributed by atoms with Crippen LogP contribution in [0.15, 0.2) is 60.8 Å². The van der Waals surface area contributed by atoms with E-state index in [-0.39, 0.29) is 31.1 Å². The number of rotatable bonds is 51. The van der Waals surface area contributed by atoms with E-state index >= 15 is 0 Å². The molecular weight excluding hydrogens is 817 g/mol. The molecule has 0 aliphatic rings. The Kier molecular flexibility index (Phi) is 52.3. The monoisotopic (exact) mass is 923 g/mol. The summed E-state index contributed by atoms with van der Waals surface area (Å²) in [5.41, 5.74) is 0. The Balaban J connectivity index is 4.40. The van der Waals surface area contributed by atoms with E-state index in [4.69, 9.17) is 14.2 Å². The summed E-state index contributed by atoms with van der Waals surface area (Å²) in [6.45, 7) is 6.56. The van der Waals surface area contributed by atoms with E-state index in [1.165, 1.54) is 161 Å². The zero-order chi connectivity index (χ0) is 47.9. The zero-order valence-corrected chi connectivity index (χ0v) is 43.7. The molecule has 0 aromatic rings. The van der Waals surface area contributed by atoms with Crippen molar-refractivity contribution in [2.75, 3.05) is 13.2 Å². The molecule has 0 spiro atoms. The van der Waals surface area contributed by atoms with Crippen LogP contribution in [-0.2, 0) is 28.6 Å². The summed E-state index contributed by atoms with van der Waals surface area (Å²) < 4.78 is 16.9. The van der Waals surface area contributed by atoms with Crippen LogP contribution >= 0.6 is 0 Å². The Morgan fingerprint density at radius 2 is 0.576 bits per heavy atom. The topological polar surface area (TPSA) is 78.9 Å². The third kappa shape index (κ3) is 52.1. The standard InChI is InChI=1S/C60H106O6/c1-4-7-10-13-16-19-22-25-28-30-31-33-35-38-41-44-47-50-53-59(62)65-56-57(55-64-58(61)52-49-46-43-40-37-34-27-24-21-18-15-12-9-6-3)66-60(63)54-51-48-45-42-39-36-32-29-26-23-20-17-14-11-8-5-2/h10,13,16,19,22,25,28,30-31,33,57H,4-9,11-12,14-15,17-18,20-21,23-24,26-27,29,32,34-56H2,1-3H3/b13-10-,19-16-,25-22-,30-28-,33-31-. The van der Waals surface area contributed by atoms with Crippen molar-refractivity contribution >= 4 is 17.9 Å².